The molecule has 1 aromatic rings. The molecule has 0 radical (unpaired) electrons. The van der Waals surface area contributed by atoms with Crippen molar-refractivity contribution in [1.82, 2.24) is 14.3 Å². The van der Waals surface area contributed by atoms with Gasteiger partial charge < -0.3 is 4.57 Å². The molecule has 0 fully saturated rings. The van der Waals surface area contributed by atoms with Crippen LogP contribution in [-0.4, -0.2) is 24.5 Å². The summed E-state index contributed by atoms with van der Waals surface area (Å²) >= 11 is 0. The highest BCUT2D eigenvalue weighted by Gasteiger charge is 2.27. The number of nitrogens with one attached hydrogen (secondary N) is 1. The van der Waals surface area contributed by atoms with Gasteiger partial charge in [-0.3, -0.25) is 0 Å². The monoisotopic (exact) mass is 271 g/mol. The number of aromatic nitrogens is 2. The molecule has 0 unspecified atom stereocenters. The van der Waals surface area contributed by atoms with Crippen molar-refractivity contribution in [3.63, 3.8) is 0 Å². The second-order valence-electron chi connectivity index (χ2n) is 4.64. The van der Waals surface area contributed by atoms with Crippen molar-refractivity contribution in [2.45, 2.75) is 57.5 Å². The lowest BCUT2D eigenvalue weighted by Crippen LogP contribution is -2.25. The van der Waals surface area contributed by atoms with E-state index in [9.17, 15) is 8.42 Å². The van der Waals surface area contributed by atoms with Gasteiger partial charge in [-0.05, 0) is 25.7 Å². The molecule has 0 atom stereocenters. The molecule has 0 amide bonds. The quantitative estimate of drug-likeness (QED) is 0.882. The van der Waals surface area contributed by atoms with Gasteiger partial charge in [0.05, 0.1) is 5.69 Å². The summed E-state index contributed by atoms with van der Waals surface area (Å²) in [5.41, 5.74) is 0.894. The maximum Gasteiger partial charge on any atom is 0.259 e. The minimum absolute atomic E-state index is 0.257. The van der Waals surface area contributed by atoms with Gasteiger partial charge in [0.1, 0.15) is 5.82 Å². The lowest BCUT2D eigenvalue weighted by atomic mass is 10.1. The Morgan fingerprint density at radius 3 is 2.78 bits per heavy atom. The number of nitrogens with zero attached hydrogens (tertiary/aromatic N) is 2. The van der Waals surface area contributed by atoms with E-state index >= 15 is 0 Å². The van der Waals surface area contributed by atoms with Crippen LogP contribution in [0.1, 0.15) is 44.6 Å². The van der Waals surface area contributed by atoms with Crippen LogP contribution in [0.3, 0.4) is 0 Å². The molecule has 5 nitrogen and oxygen atoms in total. The fourth-order valence-electron chi connectivity index (χ4n) is 2.47. The molecule has 2 heterocycles. The van der Waals surface area contributed by atoms with E-state index in [2.05, 4.69) is 21.2 Å². The van der Waals surface area contributed by atoms with Gasteiger partial charge in [0, 0.05) is 19.5 Å². The molecule has 2 rings (SSSR count). The molecule has 1 aliphatic rings. The lowest BCUT2D eigenvalue weighted by molar-refractivity contribution is 0.506. The smallest absolute Gasteiger partial charge is 0.259 e. The second kappa shape index (κ2) is 5.40. The van der Waals surface area contributed by atoms with Gasteiger partial charge in [-0.25, -0.2) is 18.1 Å². The predicted molar refractivity (Wildman–Crippen MR) is 70.0 cm³/mol. The number of hydrogen-bond acceptors (Lipinski definition) is 3. The van der Waals surface area contributed by atoms with Crippen molar-refractivity contribution < 1.29 is 8.42 Å². The number of imidazole rings is 1. The number of rotatable bonds is 5. The van der Waals surface area contributed by atoms with Crippen molar-refractivity contribution in [2.75, 3.05) is 6.54 Å². The molecular formula is C12H21N3O2S. The highest BCUT2D eigenvalue weighted by Crippen LogP contribution is 2.24. The third-order valence-electron chi connectivity index (χ3n) is 3.22. The normalized spacial score (nSPS) is 15.7. The van der Waals surface area contributed by atoms with E-state index in [1.807, 2.05) is 0 Å². The summed E-state index contributed by atoms with van der Waals surface area (Å²) in [4.78, 5) is 4.38. The Labute approximate surface area is 109 Å². The number of sulfonamides is 1. The molecule has 1 aromatic heterocycles. The Morgan fingerprint density at radius 2 is 2.11 bits per heavy atom. The second-order valence-corrected chi connectivity index (χ2v) is 6.32. The number of fused-ring (bicyclic) bond motifs is 1. The maximum atomic E-state index is 12.1. The molecule has 0 aromatic carbocycles. The summed E-state index contributed by atoms with van der Waals surface area (Å²) in [6.45, 7) is 5.17. The molecule has 0 saturated heterocycles. The molecular weight excluding hydrogens is 250 g/mol. The Bertz CT molecular complexity index is 520. The fourth-order valence-corrected chi connectivity index (χ4v) is 3.73. The molecule has 1 N–H and O–H groups in total. The summed E-state index contributed by atoms with van der Waals surface area (Å²) in [6, 6.07) is 0. The zero-order valence-corrected chi connectivity index (χ0v) is 11.9. The third kappa shape index (κ3) is 2.44. The topological polar surface area (TPSA) is 64.0 Å². The van der Waals surface area contributed by atoms with E-state index in [1.165, 1.54) is 0 Å². The first kappa shape index (κ1) is 13.5. The van der Waals surface area contributed by atoms with Crippen molar-refractivity contribution in [3.05, 3.63) is 11.5 Å². The first-order valence-electron chi connectivity index (χ1n) is 6.68. The van der Waals surface area contributed by atoms with Gasteiger partial charge in [0.15, 0.2) is 5.03 Å². The van der Waals surface area contributed by atoms with Crippen LogP contribution in [0.2, 0.25) is 0 Å². The van der Waals surface area contributed by atoms with Gasteiger partial charge in [0.2, 0.25) is 0 Å². The number of aryl methyl sites for hydroxylation is 1. The van der Waals surface area contributed by atoms with Gasteiger partial charge >= 0.3 is 0 Å². The number of hydrogen-bond donors (Lipinski definition) is 1. The van der Waals surface area contributed by atoms with Crippen LogP contribution >= 0.6 is 0 Å². The molecule has 6 heteroatoms. The van der Waals surface area contributed by atoms with E-state index in [4.69, 9.17) is 0 Å². The van der Waals surface area contributed by atoms with Crippen LogP contribution in [0.25, 0.3) is 0 Å². The summed E-state index contributed by atoms with van der Waals surface area (Å²) in [5, 5.41) is 0.257. The standard InChI is InChI=1S/C12H21N3O2S/c1-3-7-11-14-12(18(16,17)13-4-2)10-8-5-6-9-15(10)11/h13H,3-9H2,1-2H3. The molecule has 0 saturated carbocycles. The average Bonchev–Trinajstić information content (AvgIpc) is 2.70. The van der Waals surface area contributed by atoms with E-state index < -0.39 is 10.0 Å². The van der Waals surface area contributed by atoms with Crippen LogP contribution in [0.4, 0.5) is 0 Å². The highest BCUT2D eigenvalue weighted by atomic mass is 32.2. The molecule has 0 aliphatic carbocycles. The van der Waals surface area contributed by atoms with Crippen molar-refractivity contribution in [3.8, 4) is 0 Å². The molecule has 102 valence electrons. The van der Waals surface area contributed by atoms with Gasteiger partial charge in [-0.1, -0.05) is 13.8 Å². The van der Waals surface area contributed by atoms with Gasteiger partial charge in [-0.15, -0.1) is 0 Å². The third-order valence-corrected chi connectivity index (χ3v) is 4.73. The zero-order valence-electron chi connectivity index (χ0n) is 11.1. The van der Waals surface area contributed by atoms with Crippen LogP contribution in [0.15, 0.2) is 5.03 Å². The molecule has 1 aliphatic heterocycles. The van der Waals surface area contributed by atoms with Crippen molar-refractivity contribution in [1.29, 1.82) is 0 Å². The van der Waals surface area contributed by atoms with Crippen LogP contribution in [-0.2, 0) is 29.4 Å². The Kier molecular flexibility index (Phi) is 4.07. The largest absolute Gasteiger partial charge is 0.331 e. The van der Waals surface area contributed by atoms with Gasteiger partial charge in [-0.2, -0.15) is 0 Å². The molecule has 18 heavy (non-hydrogen) atoms. The van der Waals surface area contributed by atoms with Crippen LogP contribution in [0, 0.1) is 0 Å². The summed E-state index contributed by atoms with van der Waals surface area (Å²) in [5.74, 6) is 0.920. The first-order chi connectivity index (χ1) is 8.60. The fraction of sp³-hybridized carbons (Fsp3) is 0.750. The van der Waals surface area contributed by atoms with Crippen LogP contribution in [0.5, 0.6) is 0 Å². The molecule has 0 spiro atoms. The minimum atomic E-state index is -3.43. The van der Waals surface area contributed by atoms with E-state index in [0.717, 1.165) is 50.2 Å². The Balaban J connectivity index is 2.48. The first-order valence-corrected chi connectivity index (χ1v) is 8.16. The highest BCUT2D eigenvalue weighted by molar-refractivity contribution is 7.89. The van der Waals surface area contributed by atoms with Gasteiger partial charge in [0.25, 0.3) is 10.0 Å². The lowest BCUT2D eigenvalue weighted by Gasteiger charge is -2.17. The summed E-state index contributed by atoms with van der Waals surface area (Å²) < 4.78 is 28.9. The van der Waals surface area contributed by atoms with Crippen molar-refractivity contribution >= 4 is 10.0 Å². The summed E-state index contributed by atoms with van der Waals surface area (Å²) in [7, 11) is -3.43. The SMILES string of the molecule is CCCc1nc(S(=O)(=O)NCC)c2n1CCCC2. The van der Waals surface area contributed by atoms with E-state index in [-0.39, 0.29) is 5.03 Å². The predicted octanol–water partition coefficient (Wildman–Crippen LogP) is 1.47. The Hall–Kier alpha value is -0.880. The maximum absolute atomic E-state index is 12.1. The Morgan fingerprint density at radius 1 is 1.33 bits per heavy atom. The van der Waals surface area contributed by atoms with Crippen molar-refractivity contribution in [2.24, 2.45) is 0 Å². The van der Waals surface area contributed by atoms with E-state index in [1.54, 1.807) is 6.92 Å². The molecule has 0 bridgehead atoms. The van der Waals surface area contributed by atoms with E-state index in [0.29, 0.717) is 6.54 Å². The summed E-state index contributed by atoms with van der Waals surface area (Å²) in [6.07, 6.45) is 4.80. The average molecular weight is 271 g/mol. The van der Waals surface area contributed by atoms with Crippen LogP contribution < -0.4 is 4.72 Å². The zero-order chi connectivity index (χ0) is 13.2. The minimum Gasteiger partial charge on any atom is -0.331 e.